The maximum Gasteiger partial charge on any atom is 0.191 e. The Hall–Kier alpha value is -1.92. The van der Waals surface area contributed by atoms with Gasteiger partial charge in [-0.05, 0) is 57.7 Å². The van der Waals surface area contributed by atoms with Gasteiger partial charge in [-0.25, -0.2) is 4.98 Å². The zero-order valence-corrected chi connectivity index (χ0v) is 18.8. The standard InChI is InChI=1S/C23H35N5S/c1-4-22-27-21(17-29-22)16-28-13-11-19(12-14-28)15-25-23(24-5-2)26-18(3)20-9-7-6-8-10-20/h6-10,17-19H,4-5,11-16H2,1-3H3,(H2,24,25,26). The number of rotatable bonds is 8. The van der Waals surface area contributed by atoms with E-state index in [1.54, 1.807) is 11.3 Å². The molecule has 1 aliphatic rings. The summed E-state index contributed by atoms with van der Waals surface area (Å²) in [5.74, 6) is 1.58. The van der Waals surface area contributed by atoms with Crippen LogP contribution in [0.5, 0.6) is 0 Å². The quantitative estimate of drug-likeness (QED) is 0.502. The fourth-order valence-corrected chi connectivity index (χ4v) is 4.45. The highest BCUT2D eigenvalue weighted by Crippen LogP contribution is 2.20. The zero-order chi connectivity index (χ0) is 20.5. The highest BCUT2D eigenvalue weighted by molar-refractivity contribution is 7.09. The Balaban J connectivity index is 1.46. The lowest BCUT2D eigenvalue weighted by Gasteiger charge is -2.31. The van der Waals surface area contributed by atoms with E-state index in [9.17, 15) is 0 Å². The molecule has 3 rings (SSSR count). The number of aliphatic imine (C=N–C) groups is 1. The van der Waals surface area contributed by atoms with Gasteiger partial charge in [-0.1, -0.05) is 37.3 Å². The van der Waals surface area contributed by atoms with Crippen molar-refractivity contribution in [1.29, 1.82) is 0 Å². The maximum atomic E-state index is 4.89. The summed E-state index contributed by atoms with van der Waals surface area (Å²) in [6.45, 7) is 11.5. The van der Waals surface area contributed by atoms with Gasteiger partial charge in [0.2, 0.25) is 0 Å². The second-order valence-corrected chi connectivity index (χ2v) is 8.74. The lowest BCUT2D eigenvalue weighted by atomic mass is 9.97. The smallest absolute Gasteiger partial charge is 0.191 e. The van der Waals surface area contributed by atoms with Gasteiger partial charge in [0.05, 0.1) is 16.7 Å². The molecule has 0 radical (unpaired) electrons. The summed E-state index contributed by atoms with van der Waals surface area (Å²) in [7, 11) is 0. The van der Waals surface area contributed by atoms with Crippen LogP contribution in [0.4, 0.5) is 0 Å². The molecule has 29 heavy (non-hydrogen) atoms. The maximum absolute atomic E-state index is 4.89. The third-order valence-corrected chi connectivity index (χ3v) is 6.54. The molecular formula is C23H35N5S. The predicted molar refractivity (Wildman–Crippen MR) is 123 cm³/mol. The number of guanidine groups is 1. The van der Waals surface area contributed by atoms with Gasteiger partial charge < -0.3 is 10.6 Å². The van der Waals surface area contributed by atoms with Gasteiger partial charge in [0.1, 0.15) is 0 Å². The van der Waals surface area contributed by atoms with Crippen molar-refractivity contribution in [2.75, 3.05) is 26.2 Å². The molecule has 0 saturated carbocycles. The summed E-state index contributed by atoms with van der Waals surface area (Å²) >= 11 is 1.79. The molecule has 1 atom stereocenters. The van der Waals surface area contributed by atoms with Crippen molar-refractivity contribution in [1.82, 2.24) is 20.5 Å². The van der Waals surface area contributed by atoms with Gasteiger partial charge in [-0.3, -0.25) is 9.89 Å². The summed E-state index contributed by atoms with van der Waals surface area (Å²) in [5.41, 5.74) is 2.51. The highest BCUT2D eigenvalue weighted by Gasteiger charge is 2.20. The van der Waals surface area contributed by atoms with E-state index < -0.39 is 0 Å². The van der Waals surface area contributed by atoms with Gasteiger partial charge in [0, 0.05) is 25.0 Å². The van der Waals surface area contributed by atoms with Crippen molar-refractivity contribution in [2.45, 2.75) is 52.6 Å². The van der Waals surface area contributed by atoms with Crippen LogP contribution in [-0.4, -0.2) is 42.0 Å². The minimum atomic E-state index is 0.238. The van der Waals surface area contributed by atoms with Crippen molar-refractivity contribution in [2.24, 2.45) is 10.9 Å². The Bertz CT molecular complexity index is 750. The van der Waals surface area contributed by atoms with Crippen LogP contribution in [-0.2, 0) is 13.0 Å². The molecule has 2 N–H and O–H groups in total. The molecule has 2 heterocycles. The number of thiazole rings is 1. The highest BCUT2D eigenvalue weighted by atomic mass is 32.1. The molecule has 1 aromatic heterocycles. The van der Waals surface area contributed by atoms with Crippen LogP contribution in [0.25, 0.3) is 0 Å². The van der Waals surface area contributed by atoms with E-state index in [-0.39, 0.29) is 6.04 Å². The number of hydrogen-bond acceptors (Lipinski definition) is 4. The molecule has 0 aliphatic carbocycles. The number of likely N-dealkylation sites (tertiary alicyclic amines) is 1. The van der Waals surface area contributed by atoms with Crippen molar-refractivity contribution in [3.63, 3.8) is 0 Å². The van der Waals surface area contributed by atoms with Crippen molar-refractivity contribution < 1.29 is 0 Å². The normalized spacial score (nSPS) is 17.3. The summed E-state index contributed by atoms with van der Waals surface area (Å²) in [6.07, 6.45) is 3.46. The molecule has 1 fully saturated rings. The van der Waals surface area contributed by atoms with Crippen LogP contribution in [0.3, 0.4) is 0 Å². The lowest BCUT2D eigenvalue weighted by Crippen LogP contribution is -2.39. The van der Waals surface area contributed by atoms with Crippen LogP contribution < -0.4 is 10.6 Å². The molecule has 1 aliphatic heterocycles. The molecule has 1 saturated heterocycles. The number of hydrogen-bond donors (Lipinski definition) is 2. The fraction of sp³-hybridized carbons (Fsp3) is 0.565. The lowest BCUT2D eigenvalue weighted by molar-refractivity contribution is 0.179. The first-order chi connectivity index (χ1) is 14.2. The largest absolute Gasteiger partial charge is 0.357 e. The monoisotopic (exact) mass is 413 g/mol. The van der Waals surface area contributed by atoms with Gasteiger partial charge >= 0.3 is 0 Å². The van der Waals surface area contributed by atoms with Crippen LogP contribution in [0, 0.1) is 5.92 Å². The Morgan fingerprint density at radius 2 is 2.00 bits per heavy atom. The van der Waals surface area contributed by atoms with E-state index in [0.717, 1.165) is 45.1 Å². The van der Waals surface area contributed by atoms with Crippen LogP contribution in [0.15, 0.2) is 40.7 Å². The molecule has 1 aromatic carbocycles. The topological polar surface area (TPSA) is 52.6 Å². The molecule has 5 nitrogen and oxygen atoms in total. The van der Waals surface area contributed by atoms with Crippen molar-refractivity contribution in [3.8, 4) is 0 Å². The molecular weight excluding hydrogens is 378 g/mol. The molecule has 6 heteroatoms. The Kier molecular flexibility index (Phi) is 8.50. The van der Waals surface area contributed by atoms with Gasteiger partial charge in [0.25, 0.3) is 0 Å². The van der Waals surface area contributed by atoms with E-state index in [1.807, 2.05) is 0 Å². The number of nitrogens with one attached hydrogen (secondary N) is 2. The second kappa shape index (κ2) is 11.3. The summed E-state index contributed by atoms with van der Waals surface area (Å²) in [5, 5.41) is 10.4. The summed E-state index contributed by atoms with van der Waals surface area (Å²) in [6, 6.07) is 10.8. The number of nitrogens with zero attached hydrogens (tertiary/aromatic N) is 3. The number of aromatic nitrogens is 1. The molecule has 1 unspecified atom stereocenters. The Morgan fingerprint density at radius 3 is 2.66 bits per heavy atom. The SMILES string of the molecule is CCNC(=NCC1CCN(Cc2csc(CC)n2)CC1)NC(C)c1ccccc1. The minimum Gasteiger partial charge on any atom is -0.357 e. The van der Waals surface area contributed by atoms with E-state index in [1.165, 1.54) is 29.1 Å². The third-order valence-electron chi connectivity index (χ3n) is 5.50. The summed E-state index contributed by atoms with van der Waals surface area (Å²) < 4.78 is 0. The molecule has 0 bridgehead atoms. The van der Waals surface area contributed by atoms with Crippen molar-refractivity contribution in [3.05, 3.63) is 52.0 Å². The molecule has 0 spiro atoms. The summed E-state index contributed by atoms with van der Waals surface area (Å²) in [4.78, 5) is 12.1. The van der Waals surface area contributed by atoms with Gasteiger partial charge in [-0.2, -0.15) is 0 Å². The van der Waals surface area contributed by atoms with E-state index in [0.29, 0.717) is 5.92 Å². The second-order valence-electron chi connectivity index (χ2n) is 7.80. The average molecular weight is 414 g/mol. The Labute approximate surface area is 179 Å². The minimum absolute atomic E-state index is 0.238. The number of benzene rings is 1. The van der Waals surface area contributed by atoms with Crippen LogP contribution in [0.1, 0.15) is 55.9 Å². The van der Waals surface area contributed by atoms with E-state index in [2.05, 4.69) is 72.0 Å². The molecule has 158 valence electrons. The zero-order valence-electron chi connectivity index (χ0n) is 18.0. The van der Waals surface area contributed by atoms with E-state index >= 15 is 0 Å². The molecule has 0 amide bonds. The predicted octanol–water partition coefficient (Wildman–Crippen LogP) is 4.23. The third kappa shape index (κ3) is 6.82. The first-order valence-corrected chi connectivity index (χ1v) is 11.8. The Morgan fingerprint density at radius 1 is 1.24 bits per heavy atom. The van der Waals surface area contributed by atoms with E-state index in [4.69, 9.17) is 9.98 Å². The fourth-order valence-electron chi connectivity index (χ4n) is 3.71. The van der Waals surface area contributed by atoms with Crippen molar-refractivity contribution >= 4 is 17.3 Å². The first kappa shape index (κ1) is 21.8. The number of piperidine rings is 1. The average Bonchev–Trinajstić information content (AvgIpc) is 3.21. The van der Waals surface area contributed by atoms with Crippen LogP contribution >= 0.6 is 11.3 Å². The van der Waals surface area contributed by atoms with Gasteiger partial charge in [0.15, 0.2) is 5.96 Å². The number of aryl methyl sites for hydroxylation is 1. The first-order valence-electron chi connectivity index (χ1n) is 10.9. The van der Waals surface area contributed by atoms with Crippen LogP contribution in [0.2, 0.25) is 0 Å². The molecule has 2 aromatic rings. The van der Waals surface area contributed by atoms with Gasteiger partial charge in [-0.15, -0.1) is 11.3 Å².